The van der Waals surface area contributed by atoms with E-state index >= 15 is 0 Å². The third-order valence-electron chi connectivity index (χ3n) is 4.72. The molecular formula is C15H27N3O2. The Morgan fingerprint density at radius 1 is 1.25 bits per heavy atom. The normalized spacial score (nSPS) is 29.1. The molecule has 1 saturated heterocycles. The molecule has 1 aliphatic carbocycles. The van der Waals surface area contributed by atoms with Crippen molar-refractivity contribution in [2.75, 3.05) is 26.2 Å². The molecular weight excluding hydrogens is 254 g/mol. The van der Waals surface area contributed by atoms with Crippen LogP contribution in [0.15, 0.2) is 0 Å². The van der Waals surface area contributed by atoms with Crippen LogP contribution in [0.4, 0.5) is 0 Å². The fourth-order valence-electron chi connectivity index (χ4n) is 3.43. The third kappa shape index (κ3) is 3.14. The van der Waals surface area contributed by atoms with Crippen molar-refractivity contribution >= 4 is 11.8 Å². The zero-order valence-corrected chi connectivity index (χ0v) is 12.6. The van der Waals surface area contributed by atoms with Crippen molar-refractivity contribution < 1.29 is 9.59 Å². The van der Waals surface area contributed by atoms with Crippen LogP contribution in [-0.4, -0.2) is 38.0 Å². The molecule has 0 bridgehead atoms. The van der Waals surface area contributed by atoms with Gasteiger partial charge in [0.05, 0.1) is 5.41 Å². The molecule has 0 aromatic carbocycles. The molecule has 0 spiro atoms. The molecule has 5 heteroatoms. The number of hydrogen-bond acceptors (Lipinski definition) is 3. The first kappa shape index (κ1) is 15.3. The number of fused-ring (bicyclic) bond motifs is 1. The second-order valence-electron chi connectivity index (χ2n) is 6.43. The molecule has 1 aliphatic heterocycles. The molecule has 2 rings (SSSR count). The first-order chi connectivity index (χ1) is 9.56. The van der Waals surface area contributed by atoms with Gasteiger partial charge >= 0.3 is 0 Å². The van der Waals surface area contributed by atoms with Crippen LogP contribution in [0.25, 0.3) is 0 Å². The highest BCUT2D eigenvalue weighted by molar-refractivity contribution is 5.84. The Morgan fingerprint density at radius 2 is 2.00 bits per heavy atom. The lowest BCUT2D eigenvalue weighted by molar-refractivity contribution is -0.134. The van der Waals surface area contributed by atoms with E-state index in [2.05, 4.69) is 16.0 Å². The second-order valence-corrected chi connectivity index (χ2v) is 6.43. The van der Waals surface area contributed by atoms with E-state index in [1.807, 2.05) is 13.8 Å². The largest absolute Gasteiger partial charge is 0.354 e. The summed E-state index contributed by atoms with van der Waals surface area (Å²) in [5.41, 5.74) is -0.194. The minimum Gasteiger partial charge on any atom is -0.354 e. The summed E-state index contributed by atoms with van der Waals surface area (Å²) in [6.07, 6.45) is 4.54. The summed E-state index contributed by atoms with van der Waals surface area (Å²) in [6.45, 7) is 6.54. The van der Waals surface area contributed by atoms with Gasteiger partial charge in [0.1, 0.15) is 0 Å². The van der Waals surface area contributed by atoms with Gasteiger partial charge in [-0.05, 0) is 25.3 Å². The second kappa shape index (κ2) is 6.57. The lowest BCUT2D eigenvalue weighted by Crippen LogP contribution is -2.49. The van der Waals surface area contributed by atoms with Gasteiger partial charge in [-0.1, -0.05) is 26.7 Å². The van der Waals surface area contributed by atoms with Crippen molar-refractivity contribution in [1.82, 2.24) is 16.0 Å². The SMILES string of the molecule is CC(C)C(=O)NCCNC(=O)[C@@]12CCCC[C@H]1CNC2. The van der Waals surface area contributed by atoms with Crippen molar-refractivity contribution in [3.8, 4) is 0 Å². The maximum Gasteiger partial charge on any atom is 0.227 e. The summed E-state index contributed by atoms with van der Waals surface area (Å²) < 4.78 is 0. The van der Waals surface area contributed by atoms with Crippen molar-refractivity contribution in [1.29, 1.82) is 0 Å². The zero-order valence-electron chi connectivity index (χ0n) is 12.6. The van der Waals surface area contributed by atoms with E-state index in [4.69, 9.17) is 0 Å². The highest BCUT2D eigenvalue weighted by Crippen LogP contribution is 2.43. The molecule has 3 N–H and O–H groups in total. The van der Waals surface area contributed by atoms with Crippen LogP contribution < -0.4 is 16.0 Å². The molecule has 114 valence electrons. The number of carbonyl (C=O) groups is 2. The molecule has 2 atom stereocenters. The number of carbonyl (C=O) groups excluding carboxylic acids is 2. The number of nitrogens with one attached hydrogen (secondary N) is 3. The topological polar surface area (TPSA) is 70.2 Å². The lowest BCUT2D eigenvalue weighted by Gasteiger charge is -2.37. The third-order valence-corrected chi connectivity index (χ3v) is 4.72. The first-order valence-electron chi connectivity index (χ1n) is 7.83. The van der Waals surface area contributed by atoms with Crippen LogP contribution in [0.2, 0.25) is 0 Å². The van der Waals surface area contributed by atoms with Gasteiger partial charge in [-0.2, -0.15) is 0 Å². The molecule has 2 aliphatic rings. The van der Waals surface area contributed by atoms with Crippen molar-refractivity contribution in [3.05, 3.63) is 0 Å². The molecule has 0 unspecified atom stereocenters. The van der Waals surface area contributed by atoms with Gasteiger partial charge in [-0.3, -0.25) is 9.59 Å². The van der Waals surface area contributed by atoms with Crippen LogP contribution in [0.3, 0.4) is 0 Å². The molecule has 1 heterocycles. The minimum absolute atomic E-state index is 0.00828. The molecule has 0 aromatic heterocycles. The van der Waals surface area contributed by atoms with Crippen LogP contribution in [-0.2, 0) is 9.59 Å². The van der Waals surface area contributed by atoms with Gasteiger partial charge in [0.25, 0.3) is 0 Å². The van der Waals surface area contributed by atoms with E-state index < -0.39 is 0 Å². The number of hydrogen-bond donors (Lipinski definition) is 3. The van der Waals surface area contributed by atoms with Crippen molar-refractivity contribution in [2.45, 2.75) is 39.5 Å². The van der Waals surface area contributed by atoms with E-state index in [-0.39, 0.29) is 23.1 Å². The zero-order chi connectivity index (χ0) is 14.6. The Kier molecular flexibility index (Phi) is 5.02. The van der Waals surface area contributed by atoms with Gasteiger partial charge in [0.15, 0.2) is 0 Å². The van der Waals surface area contributed by atoms with Gasteiger partial charge in [0, 0.05) is 25.6 Å². The van der Waals surface area contributed by atoms with Crippen LogP contribution in [0, 0.1) is 17.3 Å². The number of rotatable bonds is 5. The predicted molar refractivity (Wildman–Crippen MR) is 78.1 cm³/mol. The fourth-order valence-corrected chi connectivity index (χ4v) is 3.43. The van der Waals surface area contributed by atoms with Crippen LogP contribution in [0.5, 0.6) is 0 Å². The van der Waals surface area contributed by atoms with Crippen LogP contribution >= 0.6 is 0 Å². The van der Waals surface area contributed by atoms with Gasteiger partial charge < -0.3 is 16.0 Å². The molecule has 0 aromatic rings. The Balaban J connectivity index is 1.78. The summed E-state index contributed by atoms with van der Waals surface area (Å²) in [6, 6.07) is 0. The summed E-state index contributed by atoms with van der Waals surface area (Å²) in [7, 11) is 0. The Morgan fingerprint density at radius 3 is 2.75 bits per heavy atom. The smallest absolute Gasteiger partial charge is 0.227 e. The Labute approximate surface area is 121 Å². The van der Waals surface area contributed by atoms with Gasteiger partial charge in [-0.15, -0.1) is 0 Å². The van der Waals surface area contributed by atoms with E-state index in [1.165, 1.54) is 6.42 Å². The molecule has 0 radical (unpaired) electrons. The highest BCUT2D eigenvalue weighted by atomic mass is 16.2. The number of amides is 2. The van der Waals surface area contributed by atoms with Crippen LogP contribution in [0.1, 0.15) is 39.5 Å². The maximum absolute atomic E-state index is 12.5. The highest BCUT2D eigenvalue weighted by Gasteiger charge is 2.49. The minimum atomic E-state index is -0.194. The monoisotopic (exact) mass is 281 g/mol. The van der Waals surface area contributed by atoms with Gasteiger partial charge in [0.2, 0.25) is 11.8 Å². The summed E-state index contributed by atoms with van der Waals surface area (Å²) in [4.78, 5) is 24.0. The molecule has 2 amide bonds. The first-order valence-corrected chi connectivity index (χ1v) is 7.83. The Hall–Kier alpha value is -1.10. The standard InChI is InChI=1S/C15H27N3O2/c1-11(2)13(19)17-7-8-18-14(20)15-6-4-3-5-12(15)9-16-10-15/h11-12,16H,3-10H2,1-2H3,(H,17,19)(H,18,20)/t12-,15+/m0/s1. The van der Waals surface area contributed by atoms with E-state index in [1.54, 1.807) is 0 Å². The fraction of sp³-hybridized carbons (Fsp3) is 0.867. The average Bonchev–Trinajstić information content (AvgIpc) is 2.87. The van der Waals surface area contributed by atoms with E-state index in [9.17, 15) is 9.59 Å². The molecule has 5 nitrogen and oxygen atoms in total. The predicted octanol–water partition coefficient (Wildman–Crippen LogP) is 0.655. The molecule has 20 heavy (non-hydrogen) atoms. The lowest BCUT2D eigenvalue weighted by atomic mass is 9.67. The van der Waals surface area contributed by atoms with Crippen molar-refractivity contribution in [3.63, 3.8) is 0 Å². The summed E-state index contributed by atoms with van der Waals surface area (Å²) in [5.74, 6) is 0.689. The summed E-state index contributed by atoms with van der Waals surface area (Å²) >= 11 is 0. The summed E-state index contributed by atoms with van der Waals surface area (Å²) in [5, 5.41) is 9.22. The molecule has 2 fully saturated rings. The van der Waals surface area contributed by atoms with Crippen molar-refractivity contribution in [2.24, 2.45) is 17.3 Å². The quantitative estimate of drug-likeness (QED) is 0.648. The Bertz CT molecular complexity index is 370. The van der Waals surface area contributed by atoms with E-state index in [0.717, 1.165) is 32.4 Å². The van der Waals surface area contributed by atoms with Gasteiger partial charge in [-0.25, -0.2) is 0 Å². The van der Waals surface area contributed by atoms with E-state index in [0.29, 0.717) is 19.0 Å². The average molecular weight is 281 g/mol. The molecule has 1 saturated carbocycles. The maximum atomic E-state index is 12.5.